The van der Waals surface area contributed by atoms with Gasteiger partial charge in [0.2, 0.25) is 5.28 Å². The average Bonchev–Trinajstić information content (AvgIpc) is 2.28. The van der Waals surface area contributed by atoms with Crippen LogP contribution < -0.4 is 4.90 Å². The highest BCUT2D eigenvalue weighted by molar-refractivity contribution is 6.32. The van der Waals surface area contributed by atoms with Crippen molar-refractivity contribution in [1.82, 2.24) is 15.0 Å². The molecular formula is C10H8Cl2N4. The topological polar surface area (TPSA) is 41.9 Å². The van der Waals surface area contributed by atoms with Crippen LogP contribution in [0.4, 0.5) is 11.6 Å². The molecule has 0 N–H and O–H groups in total. The molecule has 0 atom stereocenters. The van der Waals surface area contributed by atoms with Crippen molar-refractivity contribution in [3.8, 4) is 0 Å². The van der Waals surface area contributed by atoms with Crippen LogP contribution in [0.3, 0.4) is 0 Å². The van der Waals surface area contributed by atoms with Gasteiger partial charge < -0.3 is 4.90 Å². The molecule has 2 heterocycles. The van der Waals surface area contributed by atoms with Crippen molar-refractivity contribution in [2.24, 2.45) is 0 Å². The minimum absolute atomic E-state index is 0.116. The summed E-state index contributed by atoms with van der Waals surface area (Å²) in [5, 5.41) is 0.420. The molecule has 2 rings (SSSR count). The van der Waals surface area contributed by atoms with Gasteiger partial charge in [-0.1, -0.05) is 17.7 Å². The van der Waals surface area contributed by atoms with Crippen molar-refractivity contribution < 1.29 is 0 Å². The second-order valence-corrected chi connectivity index (χ2v) is 3.79. The van der Waals surface area contributed by atoms with E-state index in [2.05, 4.69) is 15.0 Å². The molecule has 2 aromatic rings. The number of anilines is 2. The summed E-state index contributed by atoms with van der Waals surface area (Å²) in [4.78, 5) is 13.8. The van der Waals surface area contributed by atoms with Crippen molar-refractivity contribution in [3.63, 3.8) is 0 Å². The third-order valence-corrected chi connectivity index (χ3v) is 2.35. The summed E-state index contributed by atoms with van der Waals surface area (Å²) in [6, 6.07) is 7.23. The summed E-state index contributed by atoms with van der Waals surface area (Å²) < 4.78 is 0. The molecule has 0 aromatic carbocycles. The van der Waals surface area contributed by atoms with Crippen molar-refractivity contribution in [3.05, 3.63) is 40.9 Å². The van der Waals surface area contributed by atoms with Crippen LogP contribution in [0.1, 0.15) is 0 Å². The number of pyridine rings is 1. The lowest BCUT2D eigenvalue weighted by molar-refractivity contribution is 1.05. The third kappa shape index (κ3) is 2.40. The van der Waals surface area contributed by atoms with E-state index in [0.29, 0.717) is 11.0 Å². The Balaban J connectivity index is 2.37. The molecule has 2 aromatic heterocycles. The number of hydrogen-bond acceptors (Lipinski definition) is 4. The lowest BCUT2D eigenvalue weighted by Gasteiger charge is -2.16. The van der Waals surface area contributed by atoms with Crippen LogP contribution in [0.5, 0.6) is 0 Å². The Morgan fingerprint density at radius 2 is 1.94 bits per heavy atom. The minimum atomic E-state index is 0.116. The first-order chi connectivity index (χ1) is 7.66. The fraction of sp³-hybridized carbons (Fsp3) is 0.100. The van der Waals surface area contributed by atoms with Crippen LogP contribution in [0.25, 0.3) is 0 Å². The Hall–Kier alpha value is -1.39. The molecule has 4 nitrogen and oxygen atoms in total. The number of halogens is 2. The molecule has 0 fully saturated rings. The Kier molecular flexibility index (Phi) is 3.22. The van der Waals surface area contributed by atoms with Crippen LogP contribution in [-0.2, 0) is 0 Å². The zero-order valence-electron chi connectivity index (χ0n) is 8.43. The molecule has 82 valence electrons. The molecule has 0 aliphatic heterocycles. The van der Waals surface area contributed by atoms with Gasteiger partial charge in [-0.15, -0.1) is 0 Å². The molecule has 0 radical (unpaired) electrons. The first-order valence-electron chi connectivity index (χ1n) is 4.51. The van der Waals surface area contributed by atoms with E-state index in [9.17, 15) is 0 Å². The largest absolute Gasteiger partial charge is 0.314 e. The second-order valence-electron chi connectivity index (χ2n) is 3.06. The summed E-state index contributed by atoms with van der Waals surface area (Å²) in [6.07, 6.45) is 1.70. The van der Waals surface area contributed by atoms with Crippen LogP contribution in [0.2, 0.25) is 10.4 Å². The van der Waals surface area contributed by atoms with Gasteiger partial charge in [-0.05, 0) is 23.7 Å². The first kappa shape index (κ1) is 11.1. The van der Waals surface area contributed by atoms with Crippen LogP contribution in [-0.4, -0.2) is 22.0 Å². The zero-order chi connectivity index (χ0) is 11.5. The number of rotatable bonds is 2. The highest BCUT2D eigenvalue weighted by atomic mass is 35.5. The Morgan fingerprint density at radius 1 is 1.12 bits per heavy atom. The first-order valence-corrected chi connectivity index (χ1v) is 5.27. The van der Waals surface area contributed by atoms with Crippen molar-refractivity contribution in [2.45, 2.75) is 0 Å². The van der Waals surface area contributed by atoms with Crippen LogP contribution >= 0.6 is 23.2 Å². The highest BCUT2D eigenvalue weighted by Crippen LogP contribution is 2.22. The Morgan fingerprint density at radius 3 is 2.56 bits per heavy atom. The molecular weight excluding hydrogens is 247 g/mol. The van der Waals surface area contributed by atoms with Crippen molar-refractivity contribution in [1.29, 1.82) is 0 Å². The van der Waals surface area contributed by atoms with E-state index in [0.717, 1.165) is 5.82 Å². The molecule has 16 heavy (non-hydrogen) atoms. The molecule has 0 unspecified atom stereocenters. The van der Waals surface area contributed by atoms with Gasteiger partial charge in [0, 0.05) is 19.3 Å². The van der Waals surface area contributed by atoms with Gasteiger partial charge in [-0.25, -0.2) is 15.0 Å². The third-order valence-electron chi connectivity index (χ3n) is 1.99. The highest BCUT2D eigenvalue weighted by Gasteiger charge is 2.08. The molecule has 0 aliphatic carbocycles. The summed E-state index contributed by atoms with van der Waals surface area (Å²) in [7, 11) is 1.83. The van der Waals surface area contributed by atoms with Gasteiger partial charge in [0.05, 0.1) is 0 Å². The summed E-state index contributed by atoms with van der Waals surface area (Å²) in [5.41, 5.74) is 0. The van der Waals surface area contributed by atoms with Gasteiger partial charge in [0.25, 0.3) is 0 Å². The number of hydrogen-bond donors (Lipinski definition) is 0. The Bertz CT molecular complexity index is 469. The summed E-state index contributed by atoms with van der Waals surface area (Å²) in [6.45, 7) is 0. The normalized spacial score (nSPS) is 10.2. The fourth-order valence-electron chi connectivity index (χ4n) is 1.22. The van der Waals surface area contributed by atoms with Crippen LogP contribution in [0, 0.1) is 0 Å². The maximum Gasteiger partial charge on any atom is 0.225 e. The molecule has 0 aliphatic rings. The van der Waals surface area contributed by atoms with Gasteiger partial charge >= 0.3 is 0 Å². The maximum atomic E-state index is 5.80. The van der Waals surface area contributed by atoms with Crippen LogP contribution in [0.15, 0.2) is 30.5 Å². The lowest BCUT2D eigenvalue weighted by atomic mass is 10.4. The van der Waals surface area contributed by atoms with Crippen molar-refractivity contribution in [2.75, 3.05) is 11.9 Å². The summed E-state index contributed by atoms with van der Waals surface area (Å²) >= 11 is 11.5. The van der Waals surface area contributed by atoms with Gasteiger partial charge in [-0.3, -0.25) is 0 Å². The standard InChI is InChI=1S/C10H8Cl2N4/c1-16(8-4-2-3-5-13-8)9-6-7(11)14-10(12)15-9/h2-6H,1H3. The molecule has 0 spiro atoms. The monoisotopic (exact) mass is 254 g/mol. The molecule has 0 amide bonds. The van der Waals surface area contributed by atoms with E-state index in [4.69, 9.17) is 23.2 Å². The van der Waals surface area contributed by atoms with Gasteiger partial charge in [0.1, 0.15) is 16.8 Å². The van der Waals surface area contributed by atoms with Gasteiger partial charge in [-0.2, -0.15) is 0 Å². The van der Waals surface area contributed by atoms with E-state index >= 15 is 0 Å². The average molecular weight is 255 g/mol. The van der Waals surface area contributed by atoms with Gasteiger partial charge in [0.15, 0.2) is 0 Å². The molecule has 0 saturated carbocycles. The lowest BCUT2D eigenvalue weighted by Crippen LogP contribution is -2.12. The van der Waals surface area contributed by atoms with E-state index in [1.807, 2.05) is 25.2 Å². The van der Waals surface area contributed by atoms with Crippen molar-refractivity contribution >= 4 is 34.8 Å². The van der Waals surface area contributed by atoms with E-state index in [1.54, 1.807) is 17.2 Å². The predicted molar refractivity (Wildman–Crippen MR) is 64.4 cm³/mol. The SMILES string of the molecule is CN(c1ccccn1)c1cc(Cl)nc(Cl)n1. The number of nitrogens with zero attached hydrogens (tertiary/aromatic N) is 4. The minimum Gasteiger partial charge on any atom is -0.314 e. The molecule has 0 saturated heterocycles. The number of aromatic nitrogens is 3. The fourth-order valence-corrected chi connectivity index (χ4v) is 1.62. The van der Waals surface area contributed by atoms with E-state index in [-0.39, 0.29) is 5.28 Å². The zero-order valence-corrected chi connectivity index (χ0v) is 9.94. The molecule has 6 heteroatoms. The smallest absolute Gasteiger partial charge is 0.225 e. The summed E-state index contributed by atoms with van der Waals surface area (Å²) in [5.74, 6) is 1.36. The Labute approximate surface area is 103 Å². The second kappa shape index (κ2) is 4.63. The predicted octanol–water partition coefficient (Wildman–Crippen LogP) is 2.95. The maximum absolute atomic E-state index is 5.80. The molecule has 0 bridgehead atoms. The quantitative estimate of drug-likeness (QED) is 0.611. The van der Waals surface area contributed by atoms with E-state index < -0.39 is 0 Å². The van der Waals surface area contributed by atoms with E-state index in [1.165, 1.54) is 0 Å².